The summed E-state index contributed by atoms with van der Waals surface area (Å²) in [5.74, 6) is -1.67. The number of nitrogens with zero attached hydrogens (tertiary/aromatic N) is 2. The van der Waals surface area contributed by atoms with E-state index in [4.69, 9.17) is 35.3 Å². The molecule has 0 saturated carbocycles. The number of rotatable bonds is 13. The highest BCUT2D eigenvalue weighted by Gasteiger charge is 2.64. The molecule has 0 aliphatic carbocycles. The van der Waals surface area contributed by atoms with Crippen molar-refractivity contribution >= 4 is 68.5 Å². The van der Waals surface area contributed by atoms with Gasteiger partial charge in [-0.1, -0.05) is 70.8 Å². The van der Waals surface area contributed by atoms with Crippen molar-refractivity contribution in [2.45, 2.75) is 126 Å². The zero-order chi connectivity index (χ0) is 43.8. The maximum atomic E-state index is 14.2. The van der Waals surface area contributed by atoms with Crippen molar-refractivity contribution in [1.82, 2.24) is 10.2 Å². The number of carbonyl (C=O) groups excluding carboxylic acids is 5. The van der Waals surface area contributed by atoms with Crippen LogP contribution >= 0.6 is 33.2 Å². The van der Waals surface area contributed by atoms with Crippen molar-refractivity contribution in [3.63, 3.8) is 0 Å². The molecule has 9 atom stereocenters. The molecule has 2 N–H and O–H groups in total. The van der Waals surface area contributed by atoms with Crippen LogP contribution in [0.2, 0.25) is 5.02 Å². The number of epoxide rings is 1. The number of anilines is 1. The predicted octanol–water partition coefficient (Wildman–Crippen LogP) is 5.45. The van der Waals surface area contributed by atoms with E-state index in [-0.39, 0.29) is 47.8 Å². The Bertz CT molecular complexity index is 1780. The molecule has 1 unspecified atom stereocenters. The number of amides is 3. The zero-order valence-electron chi connectivity index (χ0n) is 35.7. The third-order valence-electron chi connectivity index (χ3n) is 11.5. The number of hydrogen-bond acceptors (Lipinski definition) is 13. The quantitative estimate of drug-likeness (QED) is 0.111. The van der Waals surface area contributed by atoms with Crippen LogP contribution < -0.4 is 15.0 Å². The van der Waals surface area contributed by atoms with E-state index < -0.39 is 65.4 Å². The van der Waals surface area contributed by atoms with Gasteiger partial charge in [0.25, 0.3) is 0 Å². The molecule has 3 aliphatic heterocycles. The van der Waals surface area contributed by atoms with E-state index in [1.807, 2.05) is 26.8 Å². The van der Waals surface area contributed by atoms with Crippen LogP contribution in [0.25, 0.3) is 0 Å². The Morgan fingerprint density at radius 3 is 2.56 bits per heavy atom. The molecule has 3 heterocycles. The maximum absolute atomic E-state index is 14.2. The summed E-state index contributed by atoms with van der Waals surface area (Å²) in [6.07, 6.45) is 3.17. The smallest absolute Gasteiger partial charge is 0.328 e. The molecule has 328 valence electrons. The number of methoxy groups -OCH3 is 2. The normalized spacial score (nSPS) is 29.8. The average Bonchev–Trinajstić information content (AvgIpc) is 3.90. The molecule has 0 radical (unpaired) electrons. The molecule has 17 heteroatoms. The van der Waals surface area contributed by atoms with E-state index in [2.05, 4.69) is 5.32 Å². The molecule has 2 saturated heterocycles. The number of hydrogen-bond donors (Lipinski definition) is 2. The summed E-state index contributed by atoms with van der Waals surface area (Å²) in [5, 5.41) is 14.9. The van der Waals surface area contributed by atoms with Crippen molar-refractivity contribution in [3.05, 3.63) is 46.5 Å². The van der Waals surface area contributed by atoms with Gasteiger partial charge in [0.1, 0.15) is 46.3 Å². The number of ether oxygens (including phenoxy) is 5. The second-order valence-electron chi connectivity index (χ2n) is 15.9. The van der Waals surface area contributed by atoms with Crippen molar-refractivity contribution in [2.24, 2.45) is 5.92 Å². The first kappa shape index (κ1) is 48.4. The minimum absolute atomic E-state index is 0.0170. The largest absolute Gasteiger partial charge is 0.495 e. The van der Waals surface area contributed by atoms with Crippen LogP contribution in [-0.2, 0) is 49.3 Å². The van der Waals surface area contributed by atoms with Gasteiger partial charge in [-0.3, -0.25) is 19.2 Å². The topological polar surface area (TPSA) is 174 Å². The summed E-state index contributed by atoms with van der Waals surface area (Å²) in [6, 6.07) is 2.59. The van der Waals surface area contributed by atoms with Gasteiger partial charge in [0.2, 0.25) is 17.7 Å². The van der Waals surface area contributed by atoms with Gasteiger partial charge in [0.05, 0.1) is 31.7 Å². The third kappa shape index (κ3) is 12.2. The van der Waals surface area contributed by atoms with E-state index >= 15 is 0 Å². The van der Waals surface area contributed by atoms with Crippen molar-refractivity contribution in [3.8, 4) is 5.75 Å². The lowest BCUT2D eigenvalue weighted by molar-refractivity contribution is -0.187. The van der Waals surface area contributed by atoms with Gasteiger partial charge in [-0.05, 0) is 51.3 Å². The lowest BCUT2D eigenvalue weighted by atomic mass is 9.78. The molecular weight excluding hydrogens is 822 g/mol. The fourth-order valence-electron chi connectivity index (χ4n) is 7.45. The summed E-state index contributed by atoms with van der Waals surface area (Å²) in [5.41, 5.74) is -0.665. The maximum Gasteiger partial charge on any atom is 0.328 e. The van der Waals surface area contributed by atoms with Crippen LogP contribution in [0.5, 0.6) is 5.75 Å². The highest BCUT2D eigenvalue weighted by Crippen LogP contribution is 2.50. The molecule has 0 aromatic heterocycles. The number of esters is 2. The molecule has 2 fully saturated rings. The fraction of sp³-hybridized carbons (Fsp3) is 0.643. The van der Waals surface area contributed by atoms with Crippen LogP contribution in [0.4, 0.5) is 5.69 Å². The number of halogens is 1. The first-order chi connectivity index (χ1) is 27.8. The summed E-state index contributed by atoms with van der Waals surface area (Å²) in [4.78, 5) is 68.7. The Hall–Kier alpha value is -3.28. The first-order valence-corrected chi connectivity index (χ1v) is 22.6. The summed E-state index contributed by atoms with van der Waals surface area (Å²) < 4.78 is 29.5. The van der Waals surface area contributed by atoms with Crippen LogP contribution in [0.3, 0.4) is 0 Å². The van der Waals surface area contributed by atoms with E-state index in [0.717, 1.165) is 11.1 Å². The van der Waals surface area contributed by atoms with Gasteiger partial charge in [0.15, 0.2) is 0 Å². The Morgan fingerprint density at radius 2 is 1.90 bits per heavy atom. The van der Waals surface area contributed by atoms with E-state index in [9.17, 15) is 29.1 Å². The van der Waals surface area contributed by atoms with Gasteiger partial charge in [-0.25, -0.2) is 4.79 Å². The van der Waals surface area contributed by atoms with Crippen molar-refractivity contribution < 1.29 is 52.8 Å². The standard InChI is InChI=1S/C42H60ClN3O11S2/c1-24-12-11-13-32(54-10)42(52)22-31(55-37(50)23-42)26(3)39-41(5,57-39)33(21-36(49)46(8)29-19-28(18-24)20-30(53-9)38(29)43)56-40(51)27(4)45(7)35(48)16-17-58-59-25(2)14-15-34(47)44-6/h11-13,19-20,25-27,31-33,39,52H,14-18,21-23H2,1-10H3,(H,44,47)/b13-11+,24-12+/t25?,26-,27+,31+,32-,33+,39+,41+,42-/m0/s1. The van der Waals surface area contributed by atoms with Crippen LogP contribution in [0.15, 0.2) is 35.9 Å². The van der Waals surface area contributed by atoms with Gasteiger partial charge >= 0.3 is 11.9 Å². The van der Waals surface area contributed by atoms with Crippen LogP contribution in [0, 0.1) is 5.92 Å². The number of nitrogens with one attached hydrogen (secondary N) is 1. The Morgan fingerprint density at radius 1 is 1.19 bits per heavy atom. The van der Waals surface area contributed by atoms with Gasteiger partial charge < -0.3 is 43.9 Å². The molecule has 0 spiro atoms. The van der Waals surface area contributed by atoms with E-state index in [0.29, 0.717) is 36.5 Å². The molecule has 4 bridgehead atoms. The second-order valence-corrected chi connectivity index (χ2v) is 19.2. The number of likely N-dealkylation sites (N-methyl/N-ethyl adjacent to an activating group) is 1. The Kier molecular flexibility index (Phi) is 17.2. The molecule has 1 aromatic rings. The fourth-order valence-corrected chi connectivity index (χ4v) is 10.1. The predicted molar refractivity (Wildman–Crippen MR) is 229 cm³/mol. The number of carbonyl (C=O) groups is 5. The zero-order valence-corrected chi connectivity index (χ0v) is 38.1. The monoisotopic (exact) mass is 881 g/mol. The summed E-state index contributed by atoms with van der Waals surface area (Å²) in [7, 11) is 10.8. The number of benzene rings is 1. The molecule has 14 nitrogen and oxygen atoms in total. The molecule has 3 aliphatic rings. The summed E-state index contributed by atoms with van der Waals surface area (Å²) >= 11 is 6.79. The van der Waals surface area contributed by atoms with E-state index in [1.165, 1.54) is 41.9 Å². The SMILES string of the molecule is CNC(=O)CCC(C)SSCCC(=O)N(C)[C@H](C)C(=O)O[C@@H]1CC(=O)N(C)c2cc(cc(OC)c2Cl)C/C(C)=C/C=C/[C@H](OC)[C@@]2(O)CC(=O)O[C@H](C2)[C@H](C)[C@H]2O[C@@]21C. The van der Waals surface area contributed by atoms with Crippen molar-refractivity contribution in [1.29, 1.82) is 0 Å². The molecule has 4 rings (SSSR count). The molecule has 1 aromatic carbocycles. The highest BCUT2D eigenvalue weighted by molar-refractivity contribution is 8.76. The Balaban J connectivity index is 1.61. The minimum atomic E-state index is -1.59. The lowest BCUT2D eigenvalue weighted by Gasteiger charge is -2.41. The van der Waals surface area contributed by atoms with E-state index in [1.54, 1.807) is 63.0 Å². The van der Waals surface area contributed by atoms with Crippen molar-refractivity contribution in [2.75, 3.05) is 46.0 Å². The Labute approximate surface area is 360 Å². The number of aliphatic hydroxyl groups is 1. The van der Waals surface area contributed by atoms with Crippen LogP contribution in [-0.4, -0.2) is 128 Å². The molecule has 3 amide bonds. The minimum Gasteiger partial charge on any atom is -0.495 e. The summed E-state index contributed by atoms with van der Waals surface area (Å²) in [6.45, 7) is 9.08. The molecule has 59 heavy (non-hydrogen) atoms. The first-order valence-electron chi connectivity index (χ1n) is 19.8. The van der Waals surface area contributed by atoms with Gasteiger partial charge in [0, 0.05) is 64.4 Å². The number of fused-ring (bicyclic) bond motifs is 5. The van der Waals surface area contributed by atoms with Crippen LogP contribution in [0.1, 0.15) is 78.7 Å². The van der Waals surface area contributed by atoms with Gasteiger partial charge in [-0.15, -0.1) is 0 Å². The molecular formula is C42H60ClN3O11S2. The van der Waals surface area contributed by atoms with Gasteiger partial charge in [-0.2, -0.15) is 0 Å². The number of allylic oxidation sites excluding steroid dienone is 3. The second kappa shape index (κ2) is 21.0. The lowest BCUT2D eigenvalue weighted by Crippen LogP contribution is -2.53. The third-order valence-corrected chi connectivity index (χ3v) is 14.8. The average molecular weight is 883 g/mol. The highest BCUT2D eigenvalue weighted by atomic mass is 35.5.